The maximum absolute atomic E-state index is 3.55. The third kappa shape index (κ3) is 2.15. The monoisotopic (exact) mass is 321 g/mol. The van der Waals surface area contributed by atoms with Crippen LogP contribution >= 0.6 is 27.3 Å². The number of nitrogens with one attached hydrogen (secondary N) is 1. The van der Waals surface area contributed by atoms with E-state index in [1.807, 2.05) is 11.3 Å². The summed E-state index contributed by atoms with van der Waals surface area (Å²) in [5.41, 5.74) is 3.22. The molecule has 2 aromatic rings. The third-order valence-electron chi connectivity index (χ3n) is 3.78. The average Bonchev–Trinajstić information content (AvgIpc) is 2.71. The van der Waals surface area contributed by atoms with Gasteiger partial charge in [0.25, 0.3) is 0 Å². The van der Waals surface area contributed by atoms with Crippen molar-refractivity contribution in [3.05, 3.63) is 56.2 Å². The number of hydrogen-bond donors (Lipinski definition) is 1. The van der Waals surface area contributed by atoms with E-state index in [2.05, 4.69) is 63.9 Å². The van der Waals surface area contributed by atoms with Gasteiger partial charge in [-0.3, -0.25) is 0 Å². The predicted octanol–water partition coefficient (Wildman–Crippen LogP) is 3.90. The molecule has 94 valence electrons. The quantitative estimate of drug-likeness (QED) is 0.904. The predicted molar refractivity (Wildman–Crippen MR) is 81.4 cm³/mol. The van der Waals surface area contributed by atoms with Gasteiger partial charge in [0, 0.05) is 33.2 Å². The molecule has 1 fully saturated rings. The number of hydrogen-bond acceptors (Lipinski definition) is 2. The van der Waals surface area contributed by atoms with Gasteiger partial charge < -0.3 is 5.32 Å². The van der Waals surface area contributed by atoms with Crippen LogP contribution in [0.5, 0.6) is 0 Å². The van der Waals surface area contributed by atoms with E-state index in [1.54, 1.807) is 0 Å². The van der Waals surface area contributed by atoms with Gasteiger partial charge in [-0.2, -0.15) is 0 Å². The fraction of sp³-hybridized carbons (Fsp3) is 0.333. The molecule has 1 N–H and O–H groups in total. The van der Waals surface area contributed by atoms with Crippen LogP contribution in [0.4, 0.5) is 0 Å². The first-order valence-corrected chi connectivity index (χ1v) is 7.87. The molecule has 1 nitrogen and oxygen atoms in total. The second kappa shape index (κ2) is 4.80. The van der Waals surface area contributed by atoms with E-state index in [1.165, 1.54) is 20.5 Å². The van der Waals surface area contributed by atoms with Crippen LogP contribution in [0.3, 0.4) is 0 Å². The summed E-state index contributed by atoms with van der Waals surface area (Å²) in [5.74, 6) is 0. The first-order chi connectivity index (χ1) is 8.70. The first-order valence-electron chi connectivity index (χ1n) is 6.19. The molecule has 2 heterocycles. The molecule has 0 aliphatic carbocycles. The fourth-order valence-electron chi connectivity index (χ4n) is 2.79. The lowest BCUT2D eigenvalue weighted by Gasteiger charge is -2.44. The van der Waals surface area contributed by atoms with Gasteiger partial charge in [0.15, 0.2) is 0 Å². The molecule has 0 unspecified atom stereocenters. The number of thiophene rings is 1. The fourth-order valence-corrected chi connectivity index (χ4v) is 4.38. The molecule has 0 spiro atoms. The second-order valence-electron chi connectivity index (χ2n) is 5.11. The summed E-state index contributed by atoms with van der Waals surface area (Å²) in [7, 11) is 0. The van der Waals surface area contributed by atoms with Crippen molar-refractivity contribution >= 4 is 27.3 Å². The van der Waals surface area contributed by atoms with E-state index < -0.39 is 0 Å². The van der Waals surface area contributed by atoms with Gasteiger partial charge >= 0.3 is 0 Å². The van der Waals surface area contributed by atoms with Gasteiger partial charge in [-0.25, -0.2) is 0 Å². The molecule has 0 atom stereocenters. The van der Waals surface area contributed by atoms with Crippen molar-refractivity contribution in [3.8, 4) is 0 Å². The molecule has 1 aromatic carbocycles. The minimum absolute atomic E-state index is 0.301. The Kier molecular flexibility index (Phi) is 3.31. The van der Waals surface area contributed by atoms with E-state index in [0.29, 0.717) is 5.41 Å². The van der Waals surface area contributed by atoms with Crippen molar-refractivity contribution in [2.24, 2.45) is 0 Å². The van der Waals surface area contributed by atoms with E-state index in [4.69, 9.17) is 0 Å². The maximum atomic E-state index is 3.55. The van der Waals surface area contributed by atoms with Crippen molar-refractivity contribution in [2.75, 3.05) is 13.1 Å². The Morgan fingerprint density at radius 1 is 1.33 bits per heavy atom. The SMILES string of the molecule is Cc1ccccc1C1(Cc2cc(Br)cs2)CNC1. The number of halogens is 1. The first kappa shape index (κ1) is 12.4. The Morgan fingerprint density at radius 3 is 2.67 bits per heavy atom. The molecular weight excluding hydrogens is 306 g/mol. The smallest absolute Gasteiger partial charge is 0.0285 e. The lowest BCUT2D eigenvalue weighted by molar-refractivity contribution is 0.275. The van der Waals surface area contributed by atoms with Crippen LogP contribution in [-0.2, 0) is 11.8 Å². The zero-order chi connectivity index (χ0) is 12.6. The largest absolute Gasteiger partial charge is 0.315 e. The van der Waals surface area contributed by atoms with Crippen LogP contribution in [0.1, 0.15) is 16.0 Å². The maximum Gasteiger partial charge on any atom is 0.0285 e. The average molecular weight is 322 g/mol. The normalized spacial score (nSPS) is 17.4. The Hall–Kier alpha value is -0.640. The molecule has 0 bridgehead atoms. The van der Waals surface area contributed by atoms with Crippen molar-refractivity contribution in [1.29, 1.82) is 0 Å². The van der Waals surface area contributed by atoms with E-state index in [9.17, 15) is 0 Å². The minimum Gasteiger partial charge on any atom is -0.315 e. The molecule has 1 aromatic heterocycles. The van der Waals surface area contributed by atoms with E-state index in [-0.39, 0.29) is 0 Å². The van der Waals surface area contributed by atoms with Crippen LogP contribution in [0.25, 0.3) is 0 Å². The molecule has 18 heavy (non-hydrogen) atoms. The minimum atomic E-state index is 0.301. The molecule has 1 saturated heterocycles. The Labute approximate surface area is 120 Å². The summed E-state index contributed by atoms with van der Waals surface area (Å²) in [4.78, 5) is 1.46. The lowest BCUT2D eigenvalue weighted by atomic mass is 9.71. The Bertz CT molecular complexity index is 557. The van der Waals surface area contributed by atoms with E-state index >= 15 is 0 Å². The Balaban J connectivity index is 1.93. The van der Waals surface area contributed by atoms with Gasteiger partial charge in [0.05, 0.1) is 0 Å². The standard InChI is InChI=1S/C15H16BrNS/c1-11-4-2-3-5-14(11)15(9-17-10-15)7-13-6-12(16)8-18-13/h2-6,8,17H,7,9-10H2,1H3. The molecular formula is C15H16BrNS. The highest BCUT2D eigenvalue weighted by molar-refractivity contribution is 9.10. The molecule has 1 aliphatic heterocycles. The summed E-state index contributed by atoms with van der Waals surface area (Å²) in [6.45, 7) is 4.40. The number of benzene rings is 1. The summed E-state index contributed by atoms with van der Waals surface area (Å²) >= 11 is 5.40. The van der Waals surface area contributed by atoms with Gasteiger partial charge in [0.2, 0.25) is 0 Å². The van der Waals surface area contributed by atoms with Gasteiger partial charge in [-0.15, -0.1) is 11.3 Å². The Morgan fingerprint density at radius 2 is 2.11 bits per heavy atom. The highest BCUT2D eigenvalue weighted by atomic mass is 79.9. The van der Waals surface area contributed by atoms with Gasteiger partial charge in [0.1, 0.15) is 0 Å². The number of rotatable bonds is 3. The molecule has 0 saturated carbocycles. The number of aryl methyl sites for hydroxylation is 1. The zero-order valence-corrected chi connectivity index (χ0v) is 12.8. The van der Waals surface area contributed by atoms with Crippen molar-refractivity contribution in [2.45, 2.75) is 18.8 Å². The zero-order valence-electron chi connectivity index (χ0n) is 10.4. The summed E-state index contributed by atoms with van der Waals surface area (Å²) < 4.78 is 1.20. The second-order valence-corrected chi connectivity index (χ2v) is 7.02. The molecule has 0 amide bonds. The van der Waals surface area contributed by atoms with Crippen LogP contribution < -0.4 is 5.32 Å². The van der Waals surface area contributed by atoms with Crippen molar-refractivity contribution < 1.29 is 0 Å². The summed E-state index contributed by atoms with van der Waals surface area (Å²) in [5, 5.41) is 5.62. The topological polar surface area (TPSA) is 12.0 Å². The molecule has 3 heteroatoms. The summed E-state index contributed by atoms with van der Waals surface area (Å²) in [6.07, 6.45) is 1.14. The third-order valence-corrected chi connectivity index (χ3v) is 5.48. The molecule has 0 radical (unpaired) electrons. The highest BCUT2D eigenvalue weighted by Gasteiger charge is 2.39. The summed E-state index contributed by atoms with van der Waals surface area (Å²) in [6, 6.07) is 11.1. The molecule has 1 aliphatic rings. The highest BCUT2D eigenvalue weighted by Crippen LogP contribution is 2.36. The van der Waals surface area contributed by atoms with Gasteiger partial charge in [-0.1, -0.05) is 24.3 Å². The van der Waals surface area contributed by atoms with Crippen LogP contribution in [0.2, 0.25) is 0 Å². The lowest BCUT2D eigenvalue weighted by Crippen LogP contribution is -2.58. The van der Waals surface area contributed by atoms with Crippen molar-refractivity contribution in [3.63, 3.8) is 0 Å². The molecule has 3 rings (SSSR count). The van der Waals surface area contributed by atoms with Gasteiger partial charge in [-0.05, 0) is 46.5 Å². The van der Waals surface area contributed by atoms with E-state index in [0.717, 1.165) is 19.5 Å². The van der Waals surface area contributed by atoms with Crippen molar-refractivity contribution in [1.82, 2.24) is 5.32 Å². The van der Waals surface area contributed by atoms with Crippen LogP contribution in [0, 0.1) is 6.92 Å². The van der Waals surface area contributed by atoms with Crippen LogP contribution in [-0.4, -0.2) is 13.1 Å². The van der Waals surface area contributed by atoms with Crippen LogP contribution in [0.15, 0.2) is 40.2 Å².